The van der Waals surface area contributed by atoms with Gasteiger partial charge < -0.3 is 72.5 Å². The van der Waals surface area contributed by atoms with E-state index in [0.29, 0.717) is 50.8 Å². The molecule has 0 fully saturated rings. The van der Waals surface area contributed by atoms with Crippen molar-refractivity contribution in [3.8, 4) is 23.0 Å². The monoisotopic (exact) mass is 1450 g/mol. The van der Waals surface area contributed by atoms with Gasteiger partial charge in [-0.15, -0.1) is 0 Å². The van der Waals surface area contributed by atoms with Crippen LogP contribution in [0.1, 0.15) is 178 Å². The predicted octanol–water partition coefficient (Wildman–Crippen LogP) is 9.49. The first kappa shape index (κ1) is 84.8. The molecule has 26 nitrogen and oxygen atoms in total. The smallest absolute Gasteiger partial charge is 0.319 e. The van der Waals surface area contributed by atoms with Gasteiger partial charge in [-0.25, -0.2) is 0 Å². The van der Waals surface area contributed by atoms with Crippen molar-refractivity contribution in [1.82, 2.24) is 0 Å². The number of aliphatic hydroxyl groups excluding tert-OH is 4. The second-order valence-electron chi connectivity index (χ2n) is 26.3. The molecule has 0 aliphatic heterocycles. The number of carbonyl (C=O) groups is 11. The summed E-state index contributed by atoms with van der Waals surface area (Å²) in [5, 5.41) is 41.2. The van der Waals surface area contributed by atoms with Crippen LogP contribution < -0.4 is 18.9 Å². The third-order valence-corrected chi connectivity index (χ3v) is 16.1. The first-order chi connectivity index (χ1) is 49.4. The average molecular weight is 1450 g/mol. The van der Waals surface area contributed by atoms with Crippen molar-refractivity contribution in [1.29, 1.82) is 0 Å². The van der Waals surface area contributed by atoms with Gasteiger partial charge in [-0.05, 0) is 150 Å². The van der Waals surface area contributed by atoms with Gasteiger partial charge in [0.2, 0.25) is 0 Å². The number of hydrogen-bond acceptors (Lipinski definition) is 26. The molecule has 104 heavy (non-hydrogen) atoms. The number of benzene rings is 5. The molecule has 4 atom stereocenters. The number of ether oxygens (including phenoxy) is 11. The second-order valence-corrected chi connectivity index (χ2v) is 26.3. The lowest BCUT2D eigenvalue weighted by Gasteiger charge is -2.32. The van der Waals surface area contributed by atoms with E-state index in [1.807, 2.05) is 0 Å². The molecule has 5 aromatic carbocycles. The Hall–Kier alpha value is -9.89. The van der Waals surface area contributed by atoms with Gasteiger partial charge in [0.15, 0.2) is 0 Å². The Morgan fingerprint density at radius 2 is 0.529 bits per heavy atom. The summed E-state index contributed by atoms with van der Waals surface area (Å²) in [6.07, 6.45) is -4.44. The van der Waals surface area contributed by atoms with Crippen LogP contribution in [-0.2, 0) is 92.5 Å². The van der Waals surface area contributed by atoms with Crippen LogP contribution >= 0.6 is 0 Å². The Balaban J connectivity index is 1.30. The van der Waals surface area contributed by atoms with E-state index in [0.717, 1.165) is 0 Å². The third-order valence-electron chi connectivity index (χ3n) is 16.1. The van der Waals surface area contributed by atoms with Gasteiger partial charge in [0.25, 0.3) is 0 Å². The number of rotatable bonds is 49. The molecule has 0 heterocycles. The van der Waals surface area contributed by atoms with Crippen LogP contribution in [0.3, 0.4) is 0 Å². The van der Waals surface area contributed by atoms with Crippen LogP contribution in [-0.4, -0.2) is 151 Å². The summed E-state index contributed by atoms with van der Waals surface area (Å²) < 4.78 is 62.9. The highest BCUT2D eigenvalue weighted by atomic mass is 16.6. The predicted molar refractivity (Wildman–Crippen MR) is 372 cm³/mol. The highest BCUT2D eigenvalue weighted by molar-refractivity contribution is 5.83. The van der Waals surface area contributed by atoms with E-state index in [1.54, 1.807) is 127 Å². The van der Waals surface area contributed by atoms with Crippen LogP contribution in [0.25, 0.3) is 0 Å². The minimum absolute atomic E-state index is 0.0421. The highest BCUT2D eigenvalue weighted by Gasteiger charge is 2.46. The molecule has 4 N–H and O–H groups in total. The molecule has 0 bridgehead atoms. The standard InChI is InChI=1S/C78H96O26/c1-52(79)41-65(83)57-21-29-61(30-22-57)94-37-11-17-69(87)99-46-76(5,47-100-70(88)18-12-38-95-62-31-23-58(24-32-62)66(84)42-53(2)80)74(92)103-50-78(7,73(91)98-45-56-15-9-8-10-16-56)51-104-75(93)77(6,48-101-71(89)19-13-39-96-63-33-25-59(26-34-63)67(85)43-54(3)81)49-102-72(90)20-14-40-97-64-35-27-60(28-36-64)68(86)44-55(4)82/h8-10,15-16,21-36,65-68,83-86H,11-14,17-20,37-51H2,1-7H3. The Labute approximate surface area is 604 Å². The number of esters is 7. The van der Waals surface area contributed by atoms with E-state index < -0.39 is 122 Å². The average Bonchev–Trinajstić information content (AvgIpc) is 0.819. The maximum Gasteiger partial charge on any atom is 0.319 e. The van der Waals surface area contributed by atoms with Crippen LogP contribution in [0.4, 0.5) is 0 Å². The van der Waals surface area contributed by atoms with Gasteiger partial charge in [0.05, 0.1) is 50.8 Å². The number of Topliss-reactive ketones (excluding diaryl/α,β-unsaturated/α-hetero) is 4. The van der Waals surface area contributed by atoms with Gasteiger partial charge in [-0.2, -0.15) is 0 Å². The summed E-state index contributed by atoms with van der Waals surface area (Å²) in [5.41, 5.74) is -3.36. The van der Waals surface area contributed by atoms with Crippen molar-refractivity contribution in [2.45, 2.75) is 157 Å². The van der Waals surface area contributed by atoms with Crippen molar-refractivity contribution in [2.24, 2.45) is 16.2 Å². The van der Waals surface area contributed by atoms with E-state index in [2.05, 4.69) is 0 Å². The molecule has 0 radical (unpaired) electrons. The second kappa shape index (κ2) is 43.3. The largest absolute Gasteiger partial charge is 0.494 e. The number of aliphatic hydroxyl groups is 4. The van der Waals surface area contributed by atoms with E-state index in [1.165, 1.54) is 48.5 Å². The van der Waals surface area contributed by atoms with E-state index in [9.17, 15) is 73.2 Å². The van der Waals surface area contributed by atoms with Crippen LogP contribution in [0, 0.1) is 16.2 Å². The topological polar surface area (TPSA) is 370 Å². The molecule has 0 aromatic heterocycles. The number of carbonyl (C=O) groups excluding carboxylic acids is 11. The number of hydrogen-bond donors (Lipinski definition) is 4. The summed E-state index contributed by atoms with van der Waals surface area (Å²) in [6, 6.07) is 34.2. The minimum atomic E-state index is -2.05. The normalized spacial score (nSPS) is 14.0. The molecule has 4 unspecified atom stereocenters. The fourth-order valence-electron chi connectivity index (χ4n) is 9.75. The van der Waals surface area contributed by atoms with Crippen molar-refractivity contribution in [3.05, 3.63) is 155 Å². The van der Waals surface area contributed by atoms with Crippen molar-refractivity contribution in [2.75, 3.05) is 66.1 Å². The van der Waals surface area contributed by atoms with E-state index >= 15 is 0 Å². The minimum Gasteiger partial charge on any atom is -0.494 e. The van der Waals surface area contributed by atoms with Crippen LogP contribution in [0.15, 0.2) is 127 Å². The number of ketones is 4. The Morgan fingerprint density at radius 3 is 0.760 bits per heavy atom. The third kappa shape index (κ3) is 31.0. The van der Waals surface area contributed by atoms with E-state index in [-0.39, 0.29) is 133 Å². The molecule has 0 amide bonds. The first-order valence-corrected chi connectivity index (χ1v) is 34.2. The molecule has 0 aliphatic carbocycles. The van der Waals surface area contributed by atoms with Crippen molar-refractivity contribution < 1.29 is 125 Å². The van der Waals surface area contributed by atoms with Gasteiger partial charge in [-0.3, -0.25) is 52.7 Å². The molecular weight excluding hydrogens is 1350 g/mol. The highest BCUT2D eigenvalue weighted by Crippen LogP contribution is 2.31. The van der Waals surface area contributed by atoms with Crippen molar-refractivity contribution in [3.63, 3.8) is 0 Å². The fraction of sp³-hybridized carbons (Fsp3) is 0.474. The molecule has 5 aromatic rings. The van der Waals surface area contributed by atoms with Crippen molar-refractivity contribution >= 4 is 64.9 Å². The Kier molecular flexibility index (Phi) is 35.3. The quantitative estimate of drug-likeness (QED) is 0.0160. The Bertz CT molecular complexity index is 3200. The summed E-state index contributed by atoms with van der Waals surface area (Å²) in [4.78, 5) is 143. The summed E-state index contributed by atoms with van der Waals surface area (Å²) in [6.45, 7) is 4.66. The first-order valence-electron chi connectivity index (χ1n) is 34.2. The SMILES string of the molecule is CC(=O)CC(O)c1ccc(OCCCC(=O)OCC(C)(COC(=O)CCCOc2ccc(C(O)CC(C)=O)cc2)C(=O)OCC(C)(COC(=O)C(C)(COC(=O)CCCOc2ccc(C(O)CC(C)=O)cc2)COC(=O)CCCOc2ccc(C(O)CC(C)=O)cc2)C(=O)OCc2ccccc2)cc1. The summed E-state index contributed by atoms with van der Waals surface area (Å²) >= 11 is 0. The molecule has 0 spiro atoms. The van der Waals surface area contributed by atoms with Gasteiger partial charge in [0.1, 0.15) is 109 Å². The molecule has 26 heteroatoms. The molecule has 0 saturated heterocycles. The molecule has 564 valence electrons. The van der Waals surface area contributed by atoms with E-state index in [4.69, 9.17) is 52.1 Å². The summed E-state index contributed by atoms with van der Waals surface area (Å²) in [5.74, 6) is -5.48. The molecule has 0 saturated carbocycles. The maximum absolute atomic E-state index is 14.5. The van der Waals surface area contributed by atoms with Gasteiger partial charge in [0, 0.05) is 51.4 Å². The lowest BCUT2D eigenvalue weighted by atomic mass is 9.90. The zero-order chi connectivity index (χ0) is 76.2. The lowest BCUT2D eigenvalue weighted by molar-refractivity contribution is -0.182. The zero-order valence-corrected chi connectivity index (χ0v) is 60.0. The van der Waals surface area contributed by atoms with Gasteiger partial charge in [-0.1, -0.05) is 78.9 Å². The lowest BCUT2D eigenvalue weighted by Crippen LogP contribution is -2.46. The molecule has 5 rings (SSSR count). The maximum atomic E-state index is 14.5. The molecular formula is C78H96O26. The molecule has 0 aliphatic rings. The van der Waals surface area contributed by atoms with Crippen LogP contribution in [0.5, 0.6) is 23.0 Å². The van der Waals surface area contributed by atoms with Gasteiger partial charge >= 0.3 is 41.8 Å². The zero-order valence-electron chi connectivity index (χ0n) is 60.0. The van der Waals surface area contributed by atoms with Crippen LogP contribution in [0.2, 0.25) is 0 Å². The fourth-order valence-corrected chi connectivity index (χ4v) is 9.75. The Morgan fingerprint density at radius 1 is 0.308 bits per heavy atom. The summed E-state index contributed by atoms with van der Waals surface area (Å²) in [7, 11) is 0.